The minimum atomic E-state index is -3.67. The van der Waals surface area contributed by atoms with Crippen molar-refractivity contribution in [1.82, 2.24) is 19.7 Å². The van der Waals surface area contributed by atoms with Crippen molar-refractivity contribution in [3.63, 3.8) is 0 Å². The van der Waals surface area contributed by atoms with E-state index >= 15 is 0 Å². The van der Waals surface area contributed by atoms with E-state index in [2.05, 4.69) is 27.6 Å². The van der Waals surface area contributed by atoms with Gasteiger partial charge in [-0.15, -0.1) is 10.2 Å². The van der Waals surface area contributed by atoms with E-state index < -0.39 is 10.0 Å². The molecule has 11 heteroatoms. The summed E-state index contributed by atoms with van der Waals surface area (Å²) in [6, 6.07) is 0. The zero-order valence-electron chi connectivity index (χ0n) is 16.3. The predicted octanol–water partition coefficient (Wildman–Crippen LogP) is 2.52. The van der Waals surface area contributed by atoms with Crippen LogP contribution in [0.2, 0.25) is 0 Å². The molecule has 0 aromatic carbocycles. The summed E-state index contributed by atoms with van der Waals surface area (Å²) in [7, 11) is -3.67. The average Bonchev–Trinajstić information content (AvgIpc) is 3.26. The molecule has 1 aliphatic rings. The Morgan fingerprint density at radius 1 is 1.29 bits per heavy atom. The van der Waals surface area contributed by atoms with Crippen molar-refractivity contribution in [2.45, 2.75) is 57.8 Å². The van der Waals surface area contributed by atoms with E-state index in [1.165, 1.54) is 15.6 Å². The quantitative estimate of drug-likeness (QED) is 0.721. The number of rotatable bonds is 7. The van der Waals surface area contributed by atoms with Gasteiger partial charge >= 0.3 is 0 Å². The fraction of sp³-hybridized carbons (Fsp3) is 0.647. The second kappa shape index (κ2) is 8.66. The summed E-state index contributed by atoms with van der Waals surface area (Å²) in [5, 5.41) is 16.1. The number of piperidine rings is 1. The summed E-state index contributed by atoms with van der Waals surface area (Å²) in [6.45, 7) is 5.87. The van der Waals surface area contributed by atoms with E-state index in [1.54, 1.807) is 13.8 Å². The Bertz CT molecular complexity index is 910. The predicted molar refractivity (Wildman–Crippen MR) is 105 cm³/mol. The lowest BCUT2D eigenvalue weighted by molar-refractivity contribution is -0.120. The van der Waals surface area contributed by atoms with Gasteiger partial charge in [0.1, 0.15) is 15.6 Å². The number of hydrogen-bond donors (Lipinski definition) is 1. The summed E-state index contributed by atoms with van der Waals surface area (Å²) < 4.78 is 32.1. The number of amides is 1. The number of aryl methyl sites for hydroxylation is 3. The molecule has 1 fully saturated rings. The standard InChI is InChI=1S/C17H25N5O4S2/c1-4-5-6-14-19-20-17(27-14)18-16(23)13-7-9-22(10-8-13)28(24,25)15-11(2)21-26-12(15)3/h13H,4-10H2,1-3H3,(H,18,20,23). The highest BCUT2D eigenvalue weighted by atomic mass is 32.2. The number of aromatic nitrogens is 3. The van der Waals surface area contributed by atoms with Crippen LogP contribution in [-0.4, -0.2) is 47.1 Å². The van der Waals surface area contributed by atoms with Crippen LogP contribution >= 0.6 is 11.3 Å². The molecule has 0 saturated carbocycles. The van der Waals surface area contributed by atoms with E-state index in [0.717, 1.165) is 24.3 Å². The second-order valence-corrected chi connectivity index (χ2v) is 9.86. The van der Waals surface area contributed by atoms with Crippen molar-refractivity contribution < 1.29 is 17.7 Å². The molecule has 154 valence electrons. The third-order valence-corrected chi connectivity index (χ3v) is 7.87. The molecule has 0 bridgehead atoms. The summed E-state index contributed by atoms with van der Waals surface area (Å²) in [5.41, 5.74) is 0.354. The summed E-state index contributed by atoms with van der Waals surface area (Å²) in [6.07, 6.45) is 3.89. The van der Waals surface area contributed by atoms with Gasteiger partial charge in [-0.05, 0) is 33.1 Å². The first-order valence-corrected chi connectivity index (χ1v) is 11.6. The van der Waals surface area contributed by atoms with Crippen LogP contribution in [0.3, 0.4) is 0 Å². The largest absolute Gasteiger partial charge is 0.360 e. The Kier molecular flexibility index (Phi) is 6.46. The number of hydrogen-bond acceptors (Lipinski definition) is 8. The Morgan fingerprint density at radius 3 is 2.61 bits per heavy atom. The first-order chi connectivity index (χ1) is 13.3. The zero-order chi connectivity index (χ0) is 20.3. The van der Waals surface area contributed by atoms with Crippen LogP contribution in [0.5, 0.6) is 0 Å². The number of nitrogens with zero attached hydrogens (tertiary/aromatic N) is 4. The molecule has 1 amide bonds. The monoisotopic (exact) mass is 427 g/mol. The Labute approximate surface area is 168 Å². The first-order valence-electron chi connectivity index (χ1n) is 9.39. The van der Waals surface area contributed by atoms with Gasteiger partial charge in [-0.3, -0.25) is 4.79 Å². The van der Waals surface area contributed by atoms with Crippen LogP contribution in [0.4, 0.5) is 5.13 Å². The maximum atomic E-state index is 12.9. The highest BCUT2D eigenvalue weighted by Gasteiger charge is 2.35. The lowest BCUT2D eigenvalue weighted by Crippen LogP contribution is -2.41. The van der Waals surface area contributed by atoms with Crippen LogP contribution in [0.25, 0.3) is 0 Å². The number of anilines is 1. The van der Waals surface area contributed by atoms with Crippen molar-refractivity contribution in [3.8, 4) is 0 Å². The Hall–Kier alpha value is -1.85. The first kappa shape index (κ1) is 20.9. The SMILES string of the molecule is CCCCc1nnc(NC(=O)C2CCN(S(=O)(=O)c3c(C)noc3C)CC2)s1. The van der Waals surface area contributed by atoms with E-state index in [1.807, 2.05) is 0 Å². The van der Waals surface area contributed by atoms with Crippen molar-refractivity contribution in [1.29, 1.82) is 0 Å². The van der Waals surface area contributed by atoms with Crippen molar-refractivity contribution in [2.75, 3.05) is 18.4 Å². The van der Waals surface area contributed by atoms with Gasteiger partial charge in [-0.25, -0.2) is 8.42 Å². The molecule has 1 aliphatic heterocycles. The minimum Gasteiger partial charge on any atom is -0.360 e. The van der Waals surface area contributed by atoms with Gasteiger partial charge in [0.2, 0.25) is 21.1 Å². The van der Waals surface area contributed by atoms with E-state index in [0.29, 0.717) is 23.7 Å². The van der Waals surface area contributed by atoms with Gasteiger partial charge in [0.15, 0.2) is 5.76 Å². The van der Waals surface area contributed by atoms with Gasteiger partial charge < -0.3 is 9.84 Å². The number of nitrogens with one attached hydrogen (secondary N) is 1. The van der Waals surface area contributed by atoms with Crippen LogP contribution in [0, 0.1) is 19.8 Å². The number of unbranched alkanes of at least 4 members (excludes halogenated alkanes) is 1. The molecule has 0 radical (unpaired) electrons. The molecule has 1 N–H and O–H groups in total. The van der Waals surface area contributed by atoms with E-state index in [-0.39, 0.29) is 35.6 Å². The highest BCUT2D eigenvalue weighted by molar-refractivity contribution is 7.89. The van der Waals surface area contributed by atoms with Crippen molar-refractivity contribution in [3.05, 3.63) is 16.5 Å². The summed E-state index contributed by atoms with van der Waals surface area (Å²) in [4.78, 5) is 12.6. The van der Waals surface area contributed by atoms with Gasteiger partial charge in [-0.1, -0.05) is 29.8 Å². The van der Waals surface area contributed by atoms with E-state index in [9.17, 15) is 13.2 Å². The molecule has 28 heavy (non-hydrogen) atoms. The third kappa shape index (κ3) is 4.41. The maximum Gasteiger partial charge on any atom is 0.248 e. The van der Waals surface area contributed by atoms with Gasteiger partial charge in [0.05, 0.1) is 0 Å². The topological polar surface area (TPSA) is 118 Å². The lowest BCUT2D eigenvalue weighted by Gasteiger charge is -2.30. The average molecular weight is 428 g/mol. The Balaban J connectivity index is 1.57. The summed E-state index contributed by atoms with van der Waals surface area (Å²) in [5.74, 6) is -0.0980. The molecule has 0 aliphatic carbocycles. The zero-order valence-corrected chi connectivity index (χ0v) is 17.9. The van der Waals surface area contributed by atoms with Gasteiger partial charge in [0.25, 0.3) is 0 Å². The maximum absolute atomic E-state index is 12.9. The molecular weight excluding hydrogens is 402 g/mol. The molecule has 2 aromatic rings. The number of carbonyl (C=O) groups excluding carboxylic acids is 1. The molecule has 9 nitrogen and oxygen atoms in total. The van der Waals surface area contributed by atoms with Crippen LogP contribution in [0.15, 0.2) is 9.42 Å². The number of carbonyl (C=O) groups is 1. The minimum absolute atomic E-state index is 0.129. The van der Waals surface area contributed by atoms with Crippen LogP contribution < -0.4 is 5.32 Å². The van der Waals surface area contributed by atoms with E-state index in [4.69, 9.17) is 4.52 Å². The molecule has 3 rings (SSSR count). The van der Waals surface area contributed by atoms with Crippen molar-refractivity contribution in [2.24, 2.45) is 5.92 Å². The molecule has 2 aromatic heterocycles. The summed E-state index contributed by atoms with van der Waals surface area (Å²) >= 11 is 1.39. The van der Waals surface area contributed by atoms with Crippen LogP contribution in [0.1, 0.15) is 49.1 Å². The molecule has 1 saturated heterocycles. The fourth-order valence-corrected chi connectivity index (χ4v) is 5.82. The highest BCUT2D eigenvalue weighted by Crippen LogP contribution is 2.28. The fourth-order valence-electron chi connectivity index (χ4n) is 3.27. The smallest absolute Gasteiger partial charge is 0.248 e. The second-order valence-electron chi connectivity index (χ2n) is 6.93. The normalized spacial score (nSPS) is 16.4. The molecule has 3 heterocycles. The third-order valence-electron chi connectivity index (χ3n) is 4.83. The van der Waals surface area contributed by atoms with Crippen LogP contribution in [-0.2, 0) is 21.2 Å². The lowest BCUT2D eigenvalue weighted by atomic mass is 9.97. The van der Waals surface area contributed by atoms with Gasteiger partial charge in [0, 0.05) is 25.4 Å². The Morgan fingerprint density at radius 2 is 2.00 bits per heavy atom. The number of sulfonamides is 1. The van der Waals surface area contributed by atoms with Crippen molar-refractivity contribution >= 4 is 32.4 Å². The molecular formula is C17H25N5O4S2. The molecule has 0 unspecified atom stereocenters. The molecule has 0 atom stereocenters. The van der Waals surface area contributed by atoms with Gasteiger partial charge in [-0.2, -0.15) is 4.31 Å². The molecule has 0 spiro atoms.